The molecule has 104 valence electrons. The summed E-state index contributed by atoms with van der Waals surface area (Å²) in [5.41, 5.74) is 0.163. The van der Waals surface area contributed by atoms with Crippen molar-refractivity contribution in [3.8, 4) is 0 Å². The minimum absolute atomic E-state index is 0.139. The molecule has 1 aliphatic heterocycles. The van der Waals surface area contributed by atoms with Crippen LogP contribution in [0.4, 0.5) is 0 Å². The Morgan fingerprint density at radius 3 is 2.42 bits per heavy atom. The highest BCUT2D eigenvalue weighted by atomic mass is 79.9. The zero-order valence-electron chi connectivity index (χ0n) is 9.90. The van der Waals surface area contributed by atoms with Crippen molar-refractivity contribution in [1.29, 1.82) is 0 Å². The van der Waals surface area contributed by atoms with Gasteiger partial charge in [0, 0.05) is 17.6 Å². The van der Waals surface area contributed by atoms with Crippen LogP contribution in [0.1, 0.15) is 23.2 Å². The topological polar surface area (TPSA) is 80.5 Å². The number of hydrogen-bond acceptors (Lipinski definition) is 3. The van der Waals surface area contributed by atoms with Crippen LogP contribution in [-0.4, -0.2) is 32.3 Å². The van der Waals surface area contributed by atoms with Crippen molar-refractivity contribution >= 4 is 43.5 Å². The lowest BCUT2D eigenvalue weighted by Gasteiger charge is -2.17. The third-order valence-corrected chi connectivity index (χ3v) is 5.13. The lowest BCUT2D eigenvalue weighted by atomic mass is 10.2. The number of carbonyl (C=O) groups excluding carboxylic acids is 1. The van der Waals surface area contributed by atoms with Gasteiger partial charge in [-0.1, -0.05) is 11.6 Å². The zero-order valence-corrected chi connectivity index (χ0v) is 13.1. The summed E-state index contributed by atoms with van der Waals surface area (Å²) in [6.45, 7) is 1.33. The minimum Gasteiger partial charge on any atom is -0.339 e. The van der Waals surface area contributed by atoms with Gasteiger partial charge in [0.15, 0.2) is 0 Å². The monoisotopic (exact) mass is 366 g/mol. The Morgan fingerprint density at radius 2 is 1.89 bits per heavy atom. The number of rotatable bonds is 2. The summed E-state index contributed by atoms with van der Waals surface area (Å²) < 4.78 is 23.1. The number of hydrogen-bond donors (Lipinski definition) is 1. The molecule has 1 aromatic carbocycles. The molecule has 0 bridgehead atoms. The number of benzene rings is 1. The molecule has 0 aliphatic carbocycles. The second-order valence-electron chi connectivity index (χ2n) is 4.31. The number of carbonyl (C=O) groups is 1. The summed E-state index contributed by atoms with van der Waals surface area (Å²) in [5.74, 6) is -0.264. The Bertz CT molecular complexity index is 627. The van der Waals surface area contributed by atoms with Crippen molar-refractivity contribution in [2.45, 2.75) is 17.7 Å². The molecule has 2 N–H and O–H groups in total. The predicted molar refractivity (Wildman–Crippen MR) is 75.7 cm³/mol. The van der Waals surface area contributed by atoms with E-state index < -0.39 is 10.0 Å². The van der Waals surface area contributed by atoms with Gasteiger partial charge in [-0.2, -0.15) is 0 Å². The first kappa shape index (κ1) is 14.8. The molecule has 5 nitrogen and oxygen atoms in total. The normalized spacial score (nSPS) is 15.8. The van der Waals surface area contributed by atoms with Crippen molar-refractivity contribution < 1.29 is 13.2 Å². The molecule has 0 atom stereocenters. The van der Waals surface area contributed by atoms with Crippen LogP contribution in [0.25, 0.3) is 0 Å². The van der Waals surface area contributed by atoms with Crippen LogP contribution in [0.15, 0.2) is 21.5 Å². The van der Waals surface area contributed by atoms with Crippen molar-refractivity contribution in [1.82, 2.24) is 4.90 Å². The summed E-state index contributed by atoms with van der Waals surface area (Å²) in [6.07, 6.45) is 1.89. The van der Waals surface area contributed by atoms with Gasteiger partial charge in [-0.05, 0) is 40.9 Å². The zero-order chi connectivity index (χ0) is 14.2. The van der Waals surface area contributed by atoms with Gasteiger partial charge >= 0.3 is 0 Å². The van der Waals surface area contributed by atoms with E-state index in [0.717, 1.165) is 12.8 Å². The SMILES string of the molecule is NS(=O)(=O)c1cc(C(=O)N2CCCC2)c(Cl)cc1Br. The Morgan fingerprint density at radius 1 is 1.32 bits per heavy atom. The highest BCUT2D eigenvalue weighted by molar-refractivity contribution is 9.10. The van der Waals surface area contributed by atoms with Gasteiger partial charge < -0.3 is 4.90 Å². The average Bonchev–Trinajstić information content (AvgIpc) is 2.79. The van der Waals surface area contributed by atoms with Crippen LogP contribution in [0.3, 0.4) is 0 Å². The molecule has 1 amide bonds. The van der Waals surface area contributed by atoms with Crippen molar-refractivity contribution in [3.63, 3.8) is 0 Å². The second kappa shape index (κ2) is 5.40. The number of nitrogens with two attached hydrogens (primary N) is 1. The molecular formula is C11H12BrClN2O3S. The average molecular weight is 368 g/mol. The van der Waals surface area contributed by atoms with Gasteiger partial charge in [-0.3, -0.25) is 4.79 Å². The van der Waals surface area contributed by atoms with E-state index in [-0.39, 0.29) is 25.9 Å². The van der Waals surface area contributed by atoms with E-state index in [4.69, 9.17) is 16.7 Å². The fraction of sp³-hybridized carbons (Fsp3) is 0.364. The van der Waals surface area contributed by atoms with Crippen LogP contribution in [-0.2, 0) is 10.0 Å². The standard InChI is InChI=1S/C11H12BrClN2O3S/c12-8-6-9(13)7(5-10(8)19(14,17)18)11(16)15-3-1-2-4-15/h5-6H,1-4H2,(H2,14,17,18). The predicted octanol–water partition coefficient (Wildman–Crippen LogP) is 1.99. The maximum absolute atomic E-state index is 12.2. The van der Waals surface area contributed by atoms with E-state index >= 15 is 0 Å². The molecule has 0 radical (unpaired) electrons. The molecule has 1 heterocycles. The fourth-order valence-corrected chi connectivity index (χ4v) is 4.01. The van der Waals surface area contributed by atoms with E-state index in [1.807, 2.05) is 0 Å². The van der Waals surface area contributed by atoms with Gasteiger partial charge in [0.1, 0.15) is 0 Å². The molecule has 19 heavy (non-hydrogen) atoms. The Hall–Kier alpha value is -0.630. The second-order valence-corrected chi connectivity index (χ2v) is 7.10. The van der Waals surface area contributed by atoms with Crippen LogP contribution >= 0.6 is 27.5 Å². The highest BCUT2D eigenvalue weighted by Gasteiger charge is 2.24. The maximum Gasteiger partial charge on any atom is 0.255 e. The van der Waals surface area contributed by atoms with E-state index in [1.54, 1.807) is 4.90 Å². The molecule has 1 saturated heterocycles. The molecule has 0 aromatic heterocycles. The number of sulfonamides is 1. The van der Waals surface area contributed by atoms with Crippen molar-refractivity contribution in [3.05, 3.63) is 27.2 Å². The molecule has 2 rings (SSSR count). The third-order valence-electron chi connectivity index (χ3n) is 2.95. The first-order chi connectivity index (χ1) is 8.80. The van der Waals surface area contributed by atoms with E-state index in [0.29, 0.717) is 13.1 Å². The van der Waals surface area contributed by atoms with E-state index in [1.165, 1.54) is 12.1 Å². The van der Waals surface area contributed by atoms with Crippen LogP contribution in [0, 0.1) is 0 Å². The Labute approximate surface area is 124 Å². The van der Waals surface area contributed by atoms with Gasteiger partial charge in [-0.25, -0.2) is 13.6 Å². The molecule has 0 unspecified atom stereocenters. The largest absolute Gasteiger partial charge is 0.339 e. The summed E-state index contributed by atoms with van der Waals surface area (Å²) >= 11 is 9.09. The molecule has 8 heteroatoms. The number of amides is 1. The van der Waals surface area contributed by atoms with Gasteiger partial charge in [0.2, 0.25) is 10.0 Å². The number of halogens is 2. The summed E-state index contributed by atoms with van der Waals surface area (Å²) in [5, 5.41) is 5.31. The Balaban J connectivity index is 2.48. The van der Waals surface area contributed by atoms with Crippen molar-refractivity contribution in [2.24, 2.45) is 5.14 Å². The molecule has 1 fully saturated rings. The summed E-state index contributed by atoms with van der Waals surface area (Å²) in [4.78, 5) is 13.8. The first-order valence-corrected chi connectivity index (χ1v) is 8.33. The molecule has 1 aromatic rings. The van der Waals surface area contributed by atoms with Crippen LogP contribution in [0.2, 0.25) is 5.02 Å². The molecular weight excluding hydrogens is 356 g/mol. The van der Waals surface area contributed by atoms with E-state index in [2.05, 4.69) is 15.9 Å². The number of likely N-dealkylation sites (tertiary alicyclic amines) is 1. The smallest absolute Gasteiger partial charge is 0.255 e. The molecule has 1 aliphatic rings. The van der Waals surface area contributed by atoms with Crippen LogP contribution < -0.4 is 5.14 Å². The van der Waals surface area contributed by atoms with Crippen LogP contribution in [0.5, 0.6) is 0 Å². The minimum atomic E-state index is -3.91. The highest BCUT2D eigenvalue weighted by Crippen LogP contribution is 2.29. The summed E-state index contributed by atoms with van der Waals surface area (Å²) in [6, 6.07) is 2.60. The maximum atomic E-state index is 12.2. The summed E-state index contributed by atoms with van der Waals surface area (Å²) in [7, 11) is -3.91. The Kier molecular flexibility index (Phi) is 4.20. The number of primary sulfonamides is 1. The third kappa shape index (κ3) is 3.10. The lowest BCUT2D eigenvalue weighted by Crippen LogP contribution is -2.28. The van der Waals surface area contributed by atoms with E-state index in [9.17, 15) is 13.2 Å². The van der Waals surface area contributed by atoms with Crippen molar-refractivity contribution in [2.75, 3.05) is 13.1 Å². The molecule has 0 spiro atoms. The number of nitrogens with zero attached hydrogens (tertiary/aromatic N) is 1. The van der Waals surface area contributed by atoms with Gasteiger partial charge in [0.05, 0.1) is 15.5 Å². The first-order valence-electron chi connectivity index (χ1n) is 5.62. The van der Waals surface area contributed by atoms with Gasteiger partial charge in [0.25, 0.3) is 5.91 Å². The van der Waals surface area contributed by atoms with Gasteiger partial charge in [-0.15, -0.1) is 0 Å². The lowest BCUT2D eigenvalue weighted by molar-refractivity contribution is 0.0792. The molecule has 0 saturated carbocycles. The quantitative estimate of drug-likeness (QED) is 0.868. The fourth-order valence-electron chi connectivity index (χ4n) is 2.00.